The summed E-state index contributed by atoms with van der Waals surface area (Å²) in [6.45, 7) is 1.63. The van der Waals surface area contributed by atoms with Crippen LogP contribution in [0.2, 0.25) is 0 Å². The molecule has 0 radical (unpaired) electrons. The number of nitrogens with zero attached hydrogens (tertiary/aromatic N) is 2. The van der Waals surface area contributed by atoms with Gasteiger partial charge < -0.3 is 9.63 Å². The minimum Gasteiger partial charge on any atom is -0.385 e. The molecule has 1 aromatic rings. The third kappa shape index (κ3) is 1.22. The third-order valence-electron chi connectivity index (χ3n) is 2.29. The summed E-state index contributed by atoms with van der Waals surface area (Å²) in [5.41, 5.74) is 0. The molecule has 0 aliphatic heterocycles. The van der Waals surface area contributed by atoms with Gasteiger partial charge in [0.2, 0.25) is 5.89 Å². The van der Waals surface area contributed by atoms with Crippen molar-refractivity contribution >= 4 is 0 Å². The fourth-order valence-corrected chi connectivity index (χ4v) is 1.24. The third-order valence-corrected chi connectivity index (χ3v) is 2.29. The summed E-state index contributed by atoms with van der Waals surface area (Å²) in [6.07, 6.45) is 2.91. The first-order valence-corrected chi connectivity index (χ1v) is 4.29. The van der Waals surface area contributed by atoms with Crippen molar-refractivity contribution in [3.63, 3.8) is 0 Å². The van der Waals surface area contributed by atoms with Crippen LogP contribution in [0.5, 0.6) is 0 Å². The molecule has 1 fully saturated rings. The summed E-state index contributed by atoms with van der Waals surface area (Å²) in [5, 5.41) is 12.8. The Hall–Kier alpha value is -0.900. The van der Waals surface area contributed by atoms with Gasteiger partial charge in [-0.25, -0.2) is 0 Å². The van der Waals surface area contributed by atoms with Crippen molar-refractivity contribution in [3.8, 4) is 0 Å². The molecular weight excluding hydrogens is 156 g/mol. The maximum absolute atomic E-state index is 9.12. The monoisotopic (exact) mass is 168 g/mol. The van der Waals surface area contributed by atoms with Gasteiger partial charge in [-0.1, -0.05) is 11.6 Å². The van der Waals surface area contributed by atoms with Crippen LogP contribution in [-0.2, 0) is 0 Å². The van der Waals surface area contributed by atoms with E-state index >= 15 is 0 Å². The molecule has 1 aliphatic rings. The highest BCUT2D eigenvalue weighted by Crippen LogP contribution is 2.35. The van der Waals surface area contributed by atoms with Gasteiger partial charge in [0.15, 0.2) is 5.82 Å². The van der Waals surface area contributed by atoms with Crippen LogP contribution < -0.4 is 0 Å². The van der Waals surface area contributed by atoms with E-state index in [9.17, 15) is 0 Å². The Labute approximate surface area is 70.6 Å². The lowest BCUT2D eigenvalue weighted by molar-refractivity contribution is 0.183. The molecule has 2 rings (SSSR count). The van der Waals surface area contributed by atoms with Gasteiger partial charge in [0.25, 0.3) is 0 Å². The summed E-state index contributed by atoms with van der Waals surface area (Å²) < 4.78 is 5.01. The minimum absolute atomic E-state index is 0.400. The SMILES string of the molecule is CC(O)c1noc(C2CCC2)n1. The zero-order chi connectivity index (χ0) is 8.55. The lowest BCUT2D eigenvalue weighted by Crippen LogP contribution is -2.09. The zero-order valence-corrected chi connectivity index (χ0v) is 7.03. The van der Waals surface area contributed by atoms with Gasteiger partial charge in [0.05, 0.1) is 0 Å². The maximum Gasteiger partial charge on any atom is 0.229 e. The second-order valence-electron chi connectivity index (χ2n) is 3.29. The molecule has 0 spiro atoms. The number of rotatable bonds is 2. The topological polar surface area (TPSA) is 59.2 Å². The average Bonchev–Trinajstić information content (AvgIpc) is 2.32. The molecule has 1 aromatic heterocycles. The van der Waals surface area contributed by atoms with E-state index in [1.165, 1.54) is 6.42 Å². The van der Waals surface area contributed by atoms with Crippen LogP contribution in [0.4, 0.5) is 0 Å². The van der Waals surface area contributed by atoms with E-state index in [2.05, 4.69) is 10.1 Å². The van der Waals surface area contributed by atoms with Crippen molar-refractivity contribution < 1.29 is 9.63 Å². The normalized spacial score (nSPS) is 20.5. The van der Waals surface area contributed by atoms with E-state index < -0.39 is 6.10 Å². The summed E-state index contributed by atoms with van der Waals surface area (Å²) in [6, 6.07) is 0. The van der Waals surface area contributed by atoms with E-state index in [1.54, 1.807) is 6.92 Å². The predicted molar refractivity (Wildman–Crippen MR) is 41.5 cm³/mol. The molecule has 0 aromatic carbocycles. The molecule has 0 bridgehead atoms. The molecule has 1 saturated carbocycles. The van der Waals surface area contributed by atoms with Crippen LogP contribution >= 0.6 is 0 Å². The van der Waals surface area contributed by atoms with Gasteiger partial charge in [0, 0.05) is 5.92 Å². The van der Waals surface area contributed by atoms with Crippen LogP contribution in [0.1, 0.15) is 49.9 Å². The van der Waals surface area contributed by atoms with Crippen LogP contribution in [0.25, 0.3) is 0 Å². The van der Waals surface area contributed by atoms with Crippen molar-refractivity contribution in [1.82, 2.24) is 10.1 Å². The van der Waals surface area contributed by atoms with Gasteiger partial charge in [-0.3, -0.25) is 0 Å². The number of hydrogen-bond acceptors (Lipinski definition) is 4. The highest BCUT2D eigenvalue weighted by molar-refractivity contribution is 4.99. The van der Waals surface area contributed by atoms with Gasteiger partial charge in [-0.2, -0.15) is 4.98 Å². The summed E-state index contributed by atoms with van der Waals surface area (Å²) in [4.78, 5) is 4.10. The lowest BCUT2D eigenvalue weighted by atomic mass is 9.85. The predicted octanol–water partition coefficient (Wildman–Crippen LogP) is 1.39. The lowest BCUT2D eigenvalue weighted by Gasteiger charge is -2.20. The Morgan fingerprint density at radius 3 is 2.75 bits per heavy atom. The molecule has 1 aliphatic carbocycles. The second-order valence-corrected chi connectivity index (χ2v) is 3.29. The summed E-state index contributed by atoms with van der Waals surface area (Å²) in [5.74, 6) is 1.54. The Kier molecular flexibility index (Phi) is 1.84. The molecule has 0 amide bonds. The highest BCUT2D eigenvalue weighted by Gasteiger charge is 2.25. The molecule has 66 valence electrons. The molecule has 1 atom stereocenters. The molecule has 0 saturated heterocycles. The largest absolute Gasteiger partial charge is 0.385 e. The molecule has 1 heterocycles. The first-order chi connectivity index (χ1) is 5.77. The number of aliphatic hydroxyl groups is 1. The van der Waals surface area contributed by atoms with E-state index in [-0.39, 0.29) is 0 Å². The molecule has 12 heavy (non-hydrogen) atoms. The van der Waals surface area contributed by atoms with Crippen molar-refractivity contribution in [1.29, 1.82) is 0 Å². The molecule has 1 N–H and O–H groups in total. The van der Waals surface area contributed by atoms with Crippen molar-refractivity contribution in [3.05, 3.63) is 11.7 Å². The van der Waals surface area contributed by atoms with Gasteiger partial charge >= 0.3 is 0 Å². The number of aliphatic hydroxyl groups excluding tert-OH is 1. The standard InChI is InChI=1S/C8H12N2O2/c1-5(11)7-9-8(12-10-7)6-3-2-4-6/h5-6,11H,2-4H2,1H3. The fourth-order valence-electron chi connectivity index (χ4n) is 1.24. The first kappa shape index (κ1) is 7.73. The van der Waals surface area contributed by atoms with E-state index in [0.29, 0.717) is 17.6 Å². The highest BCUT2D eigenvalue weighted by atomic mass is 16.5. The van der Waals surface area contributed by atoms with Crippen molar-refractivity contribution in [2.75, 3.05) is 0 Å². The minimum atomic E-state index is -0.623. The van der Waals surface area contributed by atoms with E-state index in [0.717, 1.165) is 12.8 Å². The summed E-state index contributed by atoms with van der Waals surface area (Å²) >= 11 is 0. The maximum atomic E-state index is 9.12. The molecule has 4 nitrogen and oxygen atoms in total. The Balaban J connectivity index is 2.12. The van der Waals surface area contributed by atoms with Crippen LogP contribution in [0.3, 0.4) is 0 Å². The van der Waals surface area contributed by atoms with Gasteiger partial charge in [-0.05, 0) is 19.8 Å². The Bertz CT molecular complexity index is 266. The van der Waals surface area contributed by atoms with E-state index in [4.69, 9.17) is 9.63 Å². The van der Waals surface area contributed by atoms with E-state index in [1.807, 2.05) is 0 Å². The van der Waals surface area contributed by atoms with Crippen LogP contribution in [-0.4, -0.2) is 15.2 Å². The van der Waals surface area contributed by atoms with Gasteiger partial charge in [0.1, 0.15) is 6.10 Å². The Morgan fingerprint density at radius 2 is 2.33 bits per heavy atom. The number of aromatic nitrogens is 2. The second kappa shape index (κ2) is 2.86. The number of hydrogen-bond donors (Lipinski definition) is 1. The smallest absolute Gasteiger partial charge is 0.229 e. The first-order valence-electron chi connectivity index (χ1n) is 4.29. The Morgan fingerprint density at radius 1 is 1.58 bits per heavy atom. The van der Waals surface area contributed by atoms with Crippen molar-refractivity contribution in [2.45, 2.75) is 38.2 Å². The molecule has 1 unspecified atom stereocenters. The van der Waals surface area contributed by atoms with Crippen LogP contribution in [0.15, 0.2) is 4.52 Å². The summed E-state index contributed by atoms with van der Waals surface area (Å²) in [7, 11) is 0. The zero-order valence-electron chi connectivity index (χ0n) is 7.03. The fraction of sp³-hybridized carbons (Fsp3) is 0.750. The van der Waals surface area contributed by atoms with Gasteiger partial charge in [-0.15, -0.1) is 0 Å². The molecule has 4 heteroatoms. The molecular formula is C8H12N2O2. The quantitative estimate of drug-likeness (QED) is 0.724. The van der Waals surface area contributed by atoms with Crippen molar-refractivity contribution in [2.24, 2.45) is 0 Å². The van der Waals surface area contributed by atoms with Crippen LogP contribution in [0, 0.1) is 0 Å². The average molecular weight is 168 g/mol.